The minimum Gasteiger partial charge on any atom is -0.393 e. The maximum Gasteiger partial charge on any atom is 0.0540 e. The number of benzene rings is 1. The van der Waals surface area contributed by atoms with Crippen molar-refractivity contribution in [3.63, 3.8) is 0 Å². The third kappa shape index (κ3) is 2.93. The summed E-state index contributed by atoms with van der Waals surface area (Å²) in [6, 6.07) is 10.9. The molecule has 1 aliphatic rings. The van der Waals surface area contributed by atoms with Gasteiger partial charge in [0.25, 0.3) is 0 Å². The van der Waals surface area contributed by atoms with E-state index >= 15 is 0 Å². The Hall–Kier alpha value is -0.860. The molecule has 2 heteroatoms. The van der Waals surface area contributed by atoms with Gasteiger partial charge in [-0.2, -0.15) is 0 Å². The lowest BCUT2D eigenvalue weighted by Gasteiger charge is -2.43. The molecule has 0 heterocycles. The lowest BCUT2D eigenvalue weighted by atomic mass is 9.65. The Morgan fingerprint density at radius 1 is 1.28 bits per heavy atom. The molecule has 0 radical (unpaired) electrons. The summed E-state index contributed by atoms with van der Waals surface area (Å²) in [5.74, 6) is 0. The zero-order chi connectivity index (χ0) is 13.0. The molecule has 3 N–H and O–H groups in total. The smallest absolute Gasteiger partial charge is 0.0540 e. The van der Waals surface area contributed by atoms with E-state index in [1.807, 2.05) is 0 Å². The number of aliphatic hydroxyl groups excluding tert-OH is 1. The van der Waals surface area contributed by atoms with E-state index in [-0.39, 0.29) is 17.6 Å². The molecule has 18 heavy (non-hydrogen) atoms. The Morgan fingerprint density at radius 2 is 1.89 bits per heavy atom. The Morgan fingerprint density at radius 3 is 2.44 bits per heavy atom. The van der Waals surface area contributed by atoms with E-state index in [9.17, 15) is 5.11 Å². The molecular formula is C16H25NO. The lowest BCUT2D eigenvalue weighted by molar-refractivity contribution is 0.0460. The monoisotopic (exact) mass is 247 g/mol. The predicted octanol–water partition coefficient (Wildman–Crippen LogP) is 2.89. The van der Waals surface area contributed by atoms with Crippen molar-refractivity contribution >= 4 is 0 Å². The van der Waals surface area contributed by atoms with E-state index in [4.69, 9.17) is 5.73 Å². The van der Waals surface area contributed by atoms with Gasteiger partial charge in [0.15, 0.2) is 0 Å². The van der Waals surface area contributed by atoms with Gasteiger partial charge in [-0.25, -0.2) is 0 Å². The molecule has 0 aromatic heterocycles. The van der Waals surface area contributed by atoms with Crippen LogP contribution in [-0.4, -0.2) is 17.3 Å². The van der Waals surface area contributed by atoms with Gasteiger partial charge >= 0.3 is 0 Å². The van der Waals surface area contributed by atoms with E-state index in [2.05, 4.69) is 37.3 Å². The highest BCUT2D eigenvalue weighted by Gasteiger charge is 2.39. The second kappa shape index (κ2) is 5.85. The fraction of sp³-hybridized carbons (Fsp3) is 0.625. The Labute approximate surface area is 110 Å². The molecule has 2 nitrogen and oxygen atoms in total. The number of hydrogen-bond donors (Lipinski definition) is 2. The first-order valence-electron chi connectivity index (χ1n) is 7.14. The van der Waals surface area contributed by atoms with E-state index < -0.39 is 0 Å². The summed E-state index contributed by atoms with van der Waals surface area (Å²) in [6.07, 6.45) is 5.87. The van der Waals surface area contributed by atoms with Gasteiger partial charge in [-0.1, -0.05) is 37.3 Å². The maximum atomic E-state index is 9.72. The molecule has 1 fully saturated rings. The van der Waals surface area contributed by atoms with Crippen molar-refractivity contribution in [3.8, 4) is 0 Å². The van der Waals surface area contributed by atoms with Crippen molar-refractivity contribution < 1.29 is 5.11 Å². The first kappa shape index (κ1) is 13.6. The van der Waals surface area contributed by atoms with Crippen molar-refractivity contribution in [1.29, 1.82) is 0 Å². The van der Waals surface area contributed by atoms with Crippen LogP contribution in [0, 0.1) is 5.41 Å². The largest absolute Gasteiger partial charge is 0.393 e. The lowest BCUT2D eigenvalue weighted by Crippen LogP contribution is -2.46. The molecule has 1 aromatic carbocycles. The standard InChI is InChI=1S/C16H25NO/c1-2-15(17)16(10-8-14(18)9-11-16)12-13-6-4-3-5-7-13/h3-7,14-15,18H,2,8-12,17H2,1H3. The van der Waals surface area contributed by atoms with Crippen LogP contribution in [0.2, 0.25) is 0 Å². The number of rotatable bonds is 4. The molecule has 0 aliphatic heterocycles. The van der Waals surface area contributed by atoms with Crippen LogP contribution in [0.3, 0.4) is 0 Å². The third-order valence-electron chi connectivity index (χ3n) is 4.58. The van der Waals surface area contributed by atoms with Gasteiger partial charge in [0.05, 0.1) is 6.10 Å². The summed E-state index contributed by atoms with van der Waals surface area (Å²) >= 11 is 0. The Kier molecular flexibility index (Phi) is 4.41. The molecule has 1 unspecified atom stereocenters. The molecule has 100 valence electrons. The van der Waals surface area contributed by atoms with Crippen LogP contribution in [0.1, 0.15) is 44.6 Å². The van der Waals surface area contributed by atoms with Crippen molar-refractivity contribution in [2.45, 2.75) is 57.6 Å². The van der Waals surface area contributed by atoms with Gasteiger partial charge in [0.2, 0.25) is 0 Å². The maximum absolute atomic E-state index is 9.72. The zero-order valence-corrected chi connectivity index (χ0v) is 11.3. The van der Waals surface area contributed by atoms with Crippen molar-refractivity contribution in [2.75, 3.05) is 0 Å². The summed E-state index contributed by atoms with van der Waals surface area (Å²) < 4.78 is 0. The van der Waals surface area contributed by atoms with E-state index in [0.717, 1.165) is 38.5 Å². The van der Waals surface area contributed by atoms with Crippen LogP contribution < -0.4 is 5.73 Å². The van der Waals surface area contributed by atoms with Gasteiger partial charge in [0, 0.05) is 6.04 Å². The summed E-state index contributed by atoms with van der Waals surface area (Å²) in [5, 5.41) is 9.72. The highest BCUT2D eigenvalue weighted by atomic mass is 16.3. The molecule has 1 aromatic rings. The highest BCUT2D eigenvalue weighted by molar-refractivity contribution is 5.17. The minimum atomic E-state index is -0.113. The van der Waals surface area contributed by atoms with Gasteiger partial charge in [0.1, 0.15) is 0 Å². The average Bonchev–Trinajstić information content (AvgIpc) is 2.42. The first-order chi connectivity index (χ1) is 8.66. The summed E-state index contributed by atoms with van der Waals surface area (Å²) in [6.45, 7) is 2.17. The van der Waals surface area contributed by atoms with Crippen LogP contribution in [-0.2, 0) is 6.42 Å². The topological polar surface area (TPSA) is 46.2 Å². The normalized spacial score (nSPS) is 30.1. The van der Waals surface area contributed by atoms with Gasteiger partial charge in [-0.05, 0) is 49.5 Å². The molecule has 0 spiro atoms. The zero-order valence-electron chi connectivity index (χ0n) is 11.3. The van der Waals surface area contributed by atoms with Crippen LogP contribution >= 0.6 is 0 Å². The molecule has 0 saturated heterocycles. The van der Waals surface area contributed by atoms with Crippen molar-refractivity contribution in [2.24, 2.45) is 11.1 Å². The Bertz CT molecular complexity index is 355. The van der Waals surface area contributed by atoms with E-state index in [1.165, 1.54) is 5.56 Å². The number of hydrogen-bond acceptors (Lipinski definition) is 2. The summed E-state index contributed by atoms with van der Waals surface area (Å²) in [7, 11) is 0. The fourth-order valence-electron chi connectivity index (χ4n) is 3.29. The van der Waals surface area contributed by atoms with Crippen LogP contribution in [0.4, 0.5) is 0 Å². The molecule has 1 atom stereocenters. The Balaban J connectivity index is 2.15. The quantitative estimate of drug-likeness (QED) is 0.859. The number of aliphatic hydroxyl groups is 1. The molecular weight excluding hydrogens is 222 g/mol. The second-order valence-electron chi connectivity index (χ2n) is 5.77. The van der Waals surface area contributed by atoms with Gasteiger partial charge < -0.3 is 10.8 Å². The van der Waals surface area contributed by atoms with E-state index in [1.54, 1.807) is 0 Å². The van der Waals surface area contributed by atoms with Crippen molar-refractivity contribution in [3.05, 3.63) is 35.9 Å². The molecule has 1 saturated carbocycles. The average molecular weight is 247 g/mol. The SMILES string of the molecule is CCC(N)C1(Cc2ccccc2)CCC(O)CC1. The summed E-state index contributed by atoms with van der Waals surface area (Å²) in [5.41, 5.74) is 7.96. The molecule has 0 amide bonds. The molecule has 2 rings (SSSR count). The van der Waals surface area contributed by atoms with E-state index in [0.29, 0.717) is 0 Å². The van der Waals surface area contributed by atoms with Gasteiger partial charge in [-0.3, -0.25) is 0 Å². The van der Waals surface area contributed by atoms with Gasteiger partial charge in [-0.15, -0.1) is 0 Å². The molecule has 0 bridgehead atoms. The fourth-order valence-corrected chi connectivity index (χ4v) is 3.29. The predicted molar refractivity (Wildman–Crippen MR) is 75.3 cm³/mol. The third-order valence-corrected chi connectivity index (χ3v) is 4.58. The van der Waals surface area contributed by atoms with Crippen LogP contribution in [0.15, 0.2) is 30.3 Å². The summed E-state index contributed by atoms with van der Waals surface area (Å²) in [4.78, 5) is 0. The molecule has 1 aliphatic carbocycles. The van der Waals surface area contributed by atoms with Crippen LogP contribution in [0.5, 0.6) is 0 Å². The highest BCUT2D eigenvalue weighted by Crippen LogP contribution is 2.42. The van der Waals surface area contributed by atoms with Crippen molar-refractivity contribution in [1.82, 2.24) is 0 Å². The second-order valence-corrected chi connectivity index (χ2v) is 5.77. The number of nitrogens with two attached hydrogens (primary N) is 1. The first-order valence-corrected chi connectivity index (χ1v) is 7.14. The van der Waals surface area contributed by atoms with Crippen LogP contribution in [0.25, 0.3) is 0 Å². The minimum absolute atomic E-state index is 0.113.